The van der Waals surface area contributed by atoms with Gasteiger partial charge in [0.2, 0.25) is 0 Å². The van der Waals surface area contributed by atoms with Crippen molar-refractivity contribution < 1.29 is 9.90 Å². The number of carbonyl (C=O) groups excluding carboxylic acids is 1. The maximum absolute atomic E-state index is 12.2. The molecule has 1 aliphatic heterocycles. The molecule has 2 rings (SSSR count). The van der Waals surface area contributed by atoms with Gasteiger partial charge in [-0.25, -0.2) is 0 Å². The van der Waals surface area contributed by atoms with Gasteiger partial charge in [0.1, 0.15) is 5.75 Å². The summed E-state index contributed by atoms with van der Waals surface area (Å²) in [5.41, 5.74) is 0.546. The van der Waals surface area contributed by atoms with Gasteiger partial charge in [0.25, 0.3) is 5.91 Å². The average molecular weight is 254 g/mol. The molecule has 1 aromatic carbocycles. The first-order valence-corrected chi connectivity index (χ1v) is 6.27. The second kappa shape index (κ2) is 4.96. The lowest BCUT2D eigenvalue weighted by atomic mass is 10.1. The fraction of sp³-hybridized carbons (Fsp3) is 0.462. The Morgan fingerprint density at radius 2 is 2.35 bits per heavy atom. The van der Waals surface area contributed by atoms with Gasteiger partial charge >= 0.3 is 0 Å². The molecule has 17 heavy (non-hydrogen) atoms. The summed E-state index contributed by atoms with van der Waals surface area (Å²) in [5, 5.41) is 9.54. The van der Waals surface area contributed by atoms with Crippen LogP contribution in [0, 0.1) is 5.92 Å². The van der Waals surface area contributed by atoms with Crippen molar-refractivity contribution >= 4 is 17.5 Å². The van der Waals surface area contributed by atoms with Crippen LogP contribution in [-0.2, 0) is 0 Å². The molecule has 0 saturated carbocycles. The molecule has 1 amide bonds. The van der Waals surface area contributed by atoms with E-state index in [4.69, 9.17) is 11.6 Å². The minimum atomic E-state index is 0.00264. The molecule has 1 unspecified atom stereocenters. The zero-order chi connectivity index (χ0) is 12.4. The third-order valence-corrected chi connectivity index (χ3v) is 3.65. The van der Waals surface area contributed by atoms with E-state index < -0.39 is 0 Å². The number of hydrogen-bond donors (Lipinski definition) is 1. The molecule has 1 atom stereocenters. The molecule has 0 aromatic heterocycles. The van der Waals surface area contributed by atoms with Crippen LogP contribution in [0.1, 0.15) is 30.1 Å². The van der Waals surface area contributed by atoms with Crippen molar-refractivity contribution in [2.45, 2.75) is 19.8 Å². The number of aromatic hydroxyl groups is 1. The van der Waals surface area contributed by atoms with Gasteiger partial charge in [-0.05, 0) is 30.5 Å². The van der Waals surface area contributed by atoms with Crippen molar-refractivity contribution in [2.24, 2.45) is 5.92 Å². The molecule has 3 nitrogen and oxygen atoms in total. The summed E-state index contributed by atoms with van der Waals surface area (Å²) in [5.74, 6) is 0.630. The fourth-order valence-electron chi connectivity index (χ4n) is 2.17. The highest BCUT2D eigenvalue weighted by molar-refractivity contribution is 6.32. The van der Waals surface area contributed by atoms with Gasteiger partial charge in [0.05, 0.1) is 5.02 Å². The Hall–Kier alpha value is -1.22. The van der Waals surface area contributed by atoms with Crippen molar-refractivity contribution in [2.75, 3.05) is 13.1 Å². The predicted molar refractivity (Wildman–Crippen MR) is 67.4 cm³/mol. The summed E-state index contributed by atoms with van der Waals surface area (Å²) in [6, 6.07) is 4.60. The van der Waals surface area contributed by atoms with E-state index >= 15 is 0 Å². The van der Waals surface area contributed by atoms with Crippen LogP contribution < -0.4 is 0 Å². The largest absolute Gasteiger partial charge is 0.506 e. The first-order chi connectivity index (χ1) is 8.11. The fourth-order valence-corrected chi connectivity index (χ4v) is 2.35. The monoisotopic (exact) mass is 253 g/mol. The quantitative estimate of drug-likeness (QED) is 0.880. The first kappa shape index (κ1) is 12.2. The zero-order valence-electron chi connectivity index (χ0n) is 9.82. The molecule has 1 N–H and O–H groups in total. The predicted octanol–water partition coefficient (Wildman–Crippen LogP) is 2.92. The van der Waals surface area contributed by atoms with E-state index in [1.807, 2.05) is 4.90 Å². The molecule has 4 heteroatoms. The molecule has 1 aromatic rings. The number of hydrogen-bond acceptors (Lipinski definition) is 2. The molecule has 92 valence electrons. The number of halogens is 1. The minimum absolute atomic E-state index is 0.00264. The number of carbonyl (C=O) groups is 1. The third-order valence-electron chi connectivity index (χ3n) is 3.35. The van der Waals surface area contributed by atoms with Crippen LogP contribution >= 0.6 is 11.6 Å². The maximum atomic E-state index is 12.2. The summed E-state index contributed by atoms with van der Waals surface area (Å²) >= 11 is 5.80. The number of nitrogens with zero attached hydrogens (tertiary/aromatic N) is 1. The van der Waals surface area contributed by atoms with Crippen LogP contribution in [0.4, 0.5) is 0 Å². The Morgan fingerprint density at radius 1 is 1.59 bits per heavy atom. The van der Waals surface area contributed by atoms with Crippen molar-refractivity contribution in [1.82, 2.24) is 4.90 Å². The summed E-state index contributed by atoms with van der Waals surface area (Å²) < 4.78 is 0. The summed E-state index contributed by atoms with van der Waals surface area (Å²) in [6.07, 6.45) is 2.19. The number of likely N-dealkylation sites (tertiary alicyclic amines) is 1. The van der Waals surface area contributed by atoms with Crippen molar-refractivity contribution in [3.8, 4) is 5.75 Å². The number of phenolic OH excluding ortho intramolecular Hbond substituents is 1. The summed E-state index contributed by atoms with van der Waals surface area (Å²) in [6.45, 7) is 3.79. The van der Waals surface area contributed by atoms with Gasteiger partial charge in [-0.3, -0.25) is 4.79 Å². The normalized spacial score (nSPS) is 19.6. The van der Waals surface area contributed by atoms with Gasteiger partial charge in [-0.15, -0.1) is 0 Å². The van der Waals surface area contributed by atoms with E-state index in [1.165, 1.54) is 12.1 Å². The SMILES string of the molecule is CCC1CCN(C(=O)c2ccc(O)c(Cl)c2)C1. The maximum Gasteiger partial charge on any atom is 0.253 e. The van der Waals surface area contributed by atoms with Gasteiger partial charge in [-0.2, -0.15) is 0 Å². The molecule has 0 aliphatic carbocycles. The lowest BCUT2D eigenvalue weighted by molar-refractivity contribution is 0.0787. The average Bonchev–Trinajstić information content (AvgIpc) is 2.80. The van der Waals surface area contributed by atoms with Crippen LogP contribution in [0.5, 0.6) is 5.75 Å². The molecule has 1 saturated heterocycles. The second-order valence-corrected chi connectivity index (χ2v) is 4.89. The smallest absolute Gasteiger partial charge is 0.253 e. The van der Waals surface area contributed by atoms with E-state index in [-0.39, 0.29) is 16.7 Å². The van der Waals surface area contributed by atoms with E-state index in [0.717, 1.165) is 25.9 Å². The molecular formula is C13H16ClNO2. The Balaban J connectivity index is 2.12. The lowest BCUT2D eigenvalue weighted by Gasteiger charge is -2.16. The Labute approximate surface area is 106 Å². The molecule has 1 heterocycles. The number of amides is 1. The van der Waals surface area contributed by atoms with Gasteiger partial charge in [-0.1, -0.05) is 24.9 Å². The van der Waals surface area contributed by atoms with Crippen molar-refractivity contribution in [3.63, 3.8) is 0 Å². The van der Waals surface area contributed by atoms with E-state index in [0.29, 0.717) is 11.5 Å². The van der Waals surface area contributed by atoms with E-state index in [9.17, 15) is 9.90 Å². The first-order valence-electron chi connectivity index (χ1n) is 5.89. The molecule has 0 radical (unpaired) electrons. The van der Waals surface area contributed by atoms with Crippen LogP contribution in [0.25, 0.3) is 0 Å². The van der Waals surface area contributed by atoms with Gasteiger partial charge in [0, 0.05) is 18.7 Å². The highest BCUT2D eigenvalue weighted by Gasteiger charge is 2.25. The number of rotatable bonds is 2. The van der Waals surface area contributed by atoms with Crippen molar-refractivity contribution in [1.29, 1.82) is 0 Å². The molecule has 1 aliphatic rings. The summed E-state index contributed by atoms with van der Waals surface area (Å²) in [4.78, 5) is 14.0. The Morgan fingerprint density at radius 3 is 2.94 bits per heavy atom. The number of benzene rings is 1. The third kappa shape index (κ3) is 2.55. The molecule has 1 fully saturated rings. The summed E-state index contributed by atoms with van der Waals surface area (Å²) in [7, 11) is 0. The molecule has 0 bridgehead atoms. The highest BCUT2D eigenvalue weighted by atomic mass is 35.5. The van der Waals surface area contributed by atoms with Gasteiger partial charge < -0.3 is 10.0 Å². The lowest BCUT2D eigenvalue weighted by Crippen LogP contribution is -2.28. The minimum Gasteiger partial charge on any atom is -0.506 e. The highest BCUT2D eigenvalue weighted by Crippen LogP contribution is 2.26. The molecule has 0 spiro atoms. The molecular weight excluding hydrogens is 238 g/mol. The second-order valence-electron chi connectivity index (χ2n) is 4.48. The van der Waals surface area contributed by atoms with Crippen molar-refractivity contribution in [3.05, 3.63) is 28.8 Å². The number of phenols is 1. The Bertz CT molecular complexity index is 433. The van der Waals surface area contributed by atoms with Crippen LogP contribution in [0.2, 0.25) is 5.02 Å². The zero-order valence-corrected chi connectivity index (χ0v) is 10.6. The van der Waals surface area contributed by atoms with E-state index in [2.05, 4.69) is 6.92 Å². The van der Waals surface area contributed by atoms with Crippen LogP contribution in [0.15, 0.2) is 18.2 Å². The van der Waals surface area contributed by atoms with E-state index in [1.54, 1.807) is 6.07 Å². The standard InChI is InChI=1S/C13H16ClNO2/c1-2-9-5-6-15(8-9)13(17)10-3-4-12(16)11(14)7-10/h3-4,7,9,16H,2,5-6,8H2,1H3. The van der Waals surface area contributed by atoms with Crippen LogP contribution in [-0.4, -0.2) is 29.0 Å². The Kier molecular flexibility index (Phi) is 3.57. The van der Waals surface area contributed by atoms with Crippen LogP contribution in [0.3, 0.4) is 0 Å². The topological polar surface area (TPSA) is 40.5 Å². The van der Waals surface area contributed by atoms with Gasteiger partial charge in [0.15, 0.2) is 0 Å².